The molecule has 2 saturated heterocycles. The number of primary amides is 1. The Bertz CT molecular complexity index is 1470. The number of nitrogens with one attached hydrogen (secondary N) is 1. The molecule has 3 N–H and O–H groups in total. The predicted octanol–water partition coefficient (Wildman–Crippen LogP) is 3.93. The quantitative estimate of drug-likeness (QED) is 0.449. The van der Waals surface area contributed by atoms with Gasteiger partial charge in [-0.25, -0.2) is 9.97 Å². The Morgan fingerprint density at radius 3 is 2.62 bits per heavy atom. The van der Waals surface area contributed by atoms with E-state index in [9.17, 15) is 14.4 Å². The molecule has 4 heterocycles. The molecule has 11 heteroatoms. The summed E-state index contributed by atoms with van der Waals surface area (Å²) < 4.78 is 6.18. The van der Waals surface area contributed by atoms with Crippen LogP contribution >= 0.6 is 11.3 Å². The highest BCUT2D eigenvalue weighted by Crippen LogP contribution is 2.44. The van der Waals surface area contributed by atoms with Crippen molar-refractivity contribution in [2.75, 3.05) is 32.6 Å². The summed E-state index contributed by atoms with van der Waals surface area (Å²) in [5.41, 5.74) is 7.56. The number of thiazole rings is 1. The molecule has 40 heavy (non-hydrogen) atoms. The van der Waals surface area contributed by atoms with Crippen molar-refractivity contribution in [3.05, 3.63) is 46.6 Å². The van der Waals surface area contributed by atoms with Gasteiger partial charge in [0.15, 0.2) is 0 Å². The van der Waals surface area contributed by atoms with E-state index in [0.717, 1.165) is 46.6 Å². The molecular formula is C29H36N6O4S. The Morgan fingerprint density at radius 2 is 1.95 bits per heavy atom. The Balaban J connectivity index is 1.38. The van der Waals surface area contributed by atoms with Crippen molar-refractivity contribution in [2.24, 2.45) is 11.7 Å². The van der Waals surface area contributed by atoms with Crippen molar-refractivity contribution in [3.63, 3.8) is 0 Å². The molecule has 0 radical (unpaired) electrons. The molecule has 0 saturated carbocycles. The molecule has 2 fully saturated rings. The minimum atomic E-state index is -0.800. The highest BCUT2D eigenvalue weighted by Gasteiger charge is 2.41. The molecule has 3 aromatic rings. The Labute approximate surface area is 237 Å². The number of methoxy groups -OCH3 is 1. The third-order valence-corrected chi connectivity index (χ3v) is 9.69. The summed E-state index contributed by atoms with van der Waals surface area (Å²) in [6.07, 6.45) is 4.10. The highest BCUT2D eigenvalue weighted by molar-refractivity contribution is 7.18. The predicted molar refractivity (Wildman–Crippen MR) is 154 cm³/mol. The summed E-state index contributed by atoms with van der Waals surface area (Å²) in [4.78, 5) is 51.4. The zero-order valence-electron chi connectivity index (χ0n) is 23.6. The summed E-state index contributed by atoms with van der Waals surface area (Å²) in [6, 6.07) is 7.33. The van der Waals surface area contributed by atoms with Crippen LogP contribution in [0.25, 0.3) is 10.2 Å². The number of amides is 3. The molecule has 0 unspecified atom stereocenters. The van der Waals surface area contributed by atoms with Crippen LogP contribution < -0.4 is 15.8 Å². The first-order valence-corrected chi connectivity index (χ1v) is 14.4. The van der Waals surface area contributed by atoms with Crippen LogP contribution in [-0.2, 0) is 9.59 Å². The number of nitrogens with zero attached hydrogens (tertiary/aromatic N) is 4. The number of ether oxygens (including phenoxy) is 1. The average Bonchev–Trinajstić information content (AvgIpc) is 3.46. The van der Waals surface area contributed by atoms with Crippen molar-refractivity contribution in [1.29, 1.82) is 0 Å². The third kappa shape index (κ3) is 5.15. The van der Waals surface area contributed by atoms with Gasteiger partial charge < -0.3 is 25.6 Å². The number of nitrogens with two attached hydrogens (primary N) is 1. The van der Waals surface area contributed by atoms with E-state index in [0.29, 0.717) is 12.5 Å². The number of likely N-dealkylation sites (tertiary alicyclic amines) is 2. The largest absolute Gasteiger partial charge is 0.480 e. The molecule has 212 valence electrons. The monoisotopic (exact) mass is 564 g/mol. The van der Waals surface area contributed by atoms with Gasteiger partial charge in [0, 0.05) is 18.0 Å². The lowest BCUT2D eigenvalue weighted by Gasteiger charge is -2.38. The van der Waals surface area contributed by atoms with Gasteiger partial charge in [0.1, 0.15) is 5.56 Å². The van der Waals surface area contributed by atoms with Crippen molar-refractivity contribution >= 4 is 45.0 Å². The second-order valence-electron chi connectivity index (χ2n) is 11.5. The van der Waals surface area contributed by atoms with Crippen LogP contribution in [-0.4, -0.2) is 70.3 Å². The van der Waals surface area contributed by atoms with Gasteiger partial charge >= 0.3 is 11.8 Å². The molecule has 1 aromatic carbocycles. The van der Waals surface area contributed by atoms with E-state index >= 15 is 0 Å². The topological polar surface area (TPSA) is 131 Å². The first-order chi connectivity index (χ1) is 19.0. The normalized spacial score (nSPS) is 22.8. The van der Waals surface area contributed by atoms with E-state index in [4.69, 9.17) is 15.5 Å². The number of hydrogen-bond acceptors (Lipinski definition) is 8. The smallest absolute Gasteiger partial charge is 0.313 e. The summed E-state index contributed by atoms with van der Waals surface area (Å²) in [6.45, 7) is 8.15. The number of carbonyl (C=O) groups is 3. The number of anilines is 1. The zero-order valence-corrected chi connectivity index (χ0v) is 24.4. The van der Waals surface area contributed by atoms with E-state index in [1.54, 1.807) is 16.2 Å². The summed E-state index contributed by atoms with van der Waals surface area (Å²) in [7, 11) is 3.53. The first-order valence-electron chi connectivity index (χ1n) is 13.6. The van der Waals surface area contributed by atoms with E-state index in [1.807, 2.05) is 0 Å². The lowest BCUT2D eigenvalue weighted by atomic mass is 9.89. The van der Waals surface area contributed by atoms with Gasteiger partial charge in [-0.1, -0.05) is 13.0 Å². The van der Waals surface area contributed by atoms with Gasteiger partial charge in [-0.2, -0.15) is 0 Å². The van der Waals surface area contributed by atoms with E-state index in [-0.39, 0.29) is 34.6 Å². The van der Waals surface area contributed by atoms with E-state index in [2.05, 4.69) is 61.2 Å². The fraction of sp³-hybridized carbons (Fsp3) is 0.483. The summed E-state index contributed by atoms with van der Waals surface area (Å²) in [5.74, 6) is -1.51. The number of pyridine rings is 1. The van der Waals surface area contributed by atoms with Crippen molar-refractivity contribution < 1.29 is 19.1 Å². The van der Waals surface area contributed by atoms with Crippen LogP contribution in [0.5, 0.6) is 5.88 Å². The van der Waals surface area contributed by atoms with Gasteiger partial charge in [0.25, 0.3) is 5.91 Å². The molecule has 3 atom stereocenters. The van der Waals surface area contributed by atoms with Gasteiger partial charge in [-0.15, -0.1) is 11.3 Å². The number of likely N-dealkylation sites (N-methyl/N-ethyl adjacent to an activating group) is 1. The van der Waals surface area contributed by atoms with Gasteiger partial charge in [-0.3, -0.25) is 14.4 Å². The molecule has 2 aliphatic rings. The molecule has 2 aliphatic heterocycles. The zero-order chi connectivity index (χ0) is 28.8. The molecule has 0 aliphatic carbocycles. The molecule has 10 nitrogen and oxygen atoms in total. The second-order valence-corrected chi connectivity index (χ2v) is 12.5. The maximum atomic E-state index is 13.5. The van der Waals surface area contributed by atoms with E-state index < -0.39 is 17.7 Å². The molecule has 5 rings (SSSR count). The third-order valence-electron chi connectivity index (χ3n) is 8.54. The molecule has 2 aromatic heterocycles. The molecule has 0 spiro atoms. The van der Waals surface area contributed by atoms with Crippen LogP contribution in [0.2, 0.25) is 0 Å². The summed E-state index contributed by atoms with van der Waals surface area (Å²) >= 11 is 1.74. The van der Waals surface area contributed by atoms with E-state index in [1.165, 1.54) is 19.4 Å². The molecule has 0 bridgehead atoms. The fourth-order valence-electron chi connectivity index (χ4n) is 5.87. The van der Waals surface area contributed by atoms with Crippen molar-refractivity contribution in [2.45, 2.75) is 57.5 Å². The second kappa shape index (κ2) is 10.8. The number of fused-ring (bicyclic) bond motifs is 1. The minimum Gasteiger partial charge on any atom is -0.480 e. The Kier molecular flexibility index (Phi) is 7.54. The fourth-order valence-corrected chi connectivity index (χ4v) is 7.14. The number of rotatable bonds is 5. The van der Waals surface area contributed by atoms with Crippen LogP contribution in [0.1, 0.15) is 72.9 Å². The Hall–Kier alpha value is -3.57. The number of hydrogen-bond donors (Lipinski definition) is 2. The lowest BCUT2D eigenvalue weighted by Crippen LogP contribution is -2.46. The van der Waals surface area contributed by atoms with Crippen molar-refractivity contribution in [3.8, 4) is 5.88 Å². The minimum absolute atomic E-state index is 0.0146. The molecule has 3 amide bonds. The molecular weight excluding hydrogens is 528 g/mol. The lowest BCUT2D eigenvalue weighted by molar-refractivity contribution is -0.146. The van der Waals surface area contributed by atoms with Crippen LogP contribution in [0.15, 0.2) is 30.5 Å². The summed E-state index contributed by atoms with van der Waals surface area (Å²) in [5, 5.41) is 3.72. The number of aromatic nitrogens is 2. The standard InChI is InChI=1S/C29H36N6O4S/c1-16-6-8-22(17-7-9-23-21(12-17)33-27(40-23)20-10-11-34(4)29(20,2)3)35(15-16)28(38)25(37)32-18-13-19(24(30)36)26(39-5)31-14-18/h7,9,12-14,16,20,22H,6,8,10-11,15H2,1-5H3,(H2,30,36)(H,32,37)/t16-,20-,22+/m0/s1. The van der Waals surface area contributed by atoms with Crippen LogP contribution in [0, 0.1) is 5.92 Å². The maximum absolute atomic E-state index is 13.5. The van der Waals surface area contributed by atoms with Gasteiger partial charge in [0.2, 0.25) is 5.88 Å². The van der Waals surface area contributed by atoms with Crippen molar-refractivity contribution in [1.82, 2.24) is 19.8 Å². The number of piperidine rings is 1. The van der Waals surface area contributed by atoms with Crippen LogP contribution in [0.3, 0.4) is 0 Å². The maximum Gasteiger partial charge on any atom is 0.313 e. The highest BCUT2D eigenvalue weighted by atomic mass is 32.1. The Morgan fingerprint density at radius 1 is 1.18 bits per heavy atom. The van der Waals surface area contributed by atoms with Crippen LogP contribution in [0.4, 0.5) is 5.69 Å². The average molecular weight is 565 g/mol. The first kappa shape index (κ1) is 28.0. The number of benzene rings is 1. The SMILES string of the molecule is COc1ncc(NC(=O)C(=O)N2C[C@@H](C)CC[C@@H]2c2ccc3sc([C@@H]4CCN(C)C4(C)C)nc3c2)cc1C(N)=O. The van der Waals surface area contributed by atoms with Gasteiger partial charge in [0.05, 0.1) is 40.3 Å². The number of carbonyl (C=O) groups excluding carboxylic acids is 3. The van der Waals surface area contributed by atoms with Gasteiger partial charge in [-0.05, 0) is 76.4 Å².